The van der Waals surface area contributed by atoms with E-state index >= 15 is 0 Å². The fourth-order valence-electron chi connectivity index (χ4n) is 2.08. The van der Waals surface area contributed by atoms with Crippen molar-refractivity contribution in [3.63, 3.8) is 0 Å². The summed E-state index contributed by atoms with van der Waals surface area (Å²) in [5.41, 5.74) is 1.08. The maximum Gasteiger partial charge on any atom is 0.304 e. The summed E-state index contributed by atoms with van der Waals surface area (Å²) < 4.78 is 0. The number of benzene rings is 1. The van der Waals surface area contributed by atoms with Crippen LogP contribution >= 0.6 is 11.6 Å². The van der Waals surface area contributed by atoms with E-state index in [0.29, 0.717) is 10.6 Å². The second-order valence-corrected chi connectivity index (χ2v) is 4.82. The summed E-state index contributed by atoms with van der Waals surface area (Å²) in [6.07, 6.45) is 1.65. The molecule has 1 fully saturated rings. The number of hydrogen-bond donors (Lipinski definition) is 2. The smallest absolute Gasteiger partial charge is 0.304 e. The van der Waals surface area contributed by atoms with Crippen molar-refractivity contribution in [2.45, 2.75) is 31.6 Å². The van der Waals surface area contributed by atoms with Crippen LogP contribution in [0.5, 0.6) is 5.75 Å². The van der Waals surface area contributed by atoms with Crippen molar-refractivity contribution >= 4 is 17.6 Å². The van der Waals surface area contributed by atoms with Gasteiger partial charge in [0.05, 0.1) is 11.4 Å². The number of rotatable bonds is 3. The zero-order valence-corrected chi connectivity index (χ0v) is 9.71. The van der Waals surface area contributed by atoms with Crippen LogP contribution in [0.25, 0.3) is 0 Å². The minimum absolute atomic E-state index is 0.0421. The Bertz CT molecular complexity index is 450. The Morgan fingerprint density at radius 3 is 2.62 bits per heavy atom. The van der Waals surface area contributed by atoms with Crippen molar-refractivity contribution < 1.29 is 15.0 Å². The number of carbonyl (C=O) groups is 1. The molecule has 1 aliphatic rings. The van der Waals surface area contributed by atoms with Crippen LogP contribution in [0.4, 0.5) is 0 Å². The van der Waals surface area contributed by atoms with Gasteiger partial charge in [-0.1, -0.05) is 23.7 Å². The van der Waals surface area contributed by atoms with Crippen molar-refractivity contribution in [3.05, 3.63) is 28.3 Å². The lowest BCUT2D eigenvalue weighted by molar-refractivity contribution is -0.137. The lowest BCUT2D eigenvalue weighted by Crippen LogP contribution is -2.13. The van der Waals surface area contributed by atoms with E-state index in [1.54, 1.807) is 6.07 Å². The van der Waals surface area contributed by atoms with E-state index in [9.17, 15) is 9.90 Å². The average molecular weight is 241 g/mol. The summed E-state index contributed by atoms with van der Waals surface area (Å²) in [4.78, 5) is 10.8. The third-order valence-electron chi connectivity index (χ3n) is 3.22. The standard InChI is InChI=1S/C12H13ClO3/c1-7-2-3-8(11(16)10(7)13)12(4-5-12)6-9(14)15/h2-3,16H,4-6H2,1H3,(H,14,15). The van der Waals surface area contributed by atoms with Gasteiger partial charge >= 0.3 is 5.97 Å². The Balaban J connectivity index is 2.42. The maximum atomic E-state index is 10.8. The Morgan fingerprint density at radius 1 is 1.50 bits per heavy atom. The molecule has 1 aromatic carbocycles. The van der Waals surface area contributed by atoms with E-state index in [1.807, 2.05) is 13.0 Å². The zero-order valence-electron chi connectivity index (χ0n) is 8.96. The summed E-state index contributed by atoms with van der Waals surface area (Å²) in [5, 5.41) is 19.1. The number of aryl methyl sites for hydroxylation is 1. The molecule has 0 aromatic heterocycles. The van der Waals surface area contributed by atoms with E-state index in [4.69, 9.17) is 16.7 Å². The predicted octanol–water partition coefficient (Wildman–Crippen LogP) is 2.86. The molecule has 3 nitrogen and oxygen atoms in total. The van der Waals surface area contributed by atoms with Gasteiger partial charge in [0.15, 0.2) is 0 Å². The molecular formula is C12H13ClO3. The highest BCUT2D eigenvalue weighted by Crippen LogP contribution is 2.55. The summed E-state index contributed by atoms with van der Waals surface area (Å²) in [5.74, 6) is -0.797. The van der Waals surface area contributed by atoms with Gasteiger partial charge in [0.25, 0.3) is 0 Å². The number of carboxylic acid groups (broad SMARTS) is 1. The summed E-state index contributed by atoms with van der Waals surface area (Å²) in [6, 6.07) is 3.60. The molecule has 0 heterocycles. The molecule has 1 saturated carbocycles. The quantitative estimate of drug-likeness (QED) is 0.854. The molecule has 0 saturated heterocycles. The number of phenols is 1. The van der Waals surface area contributed by atoms with Crippen LogP contribution in [0.2, 0.25) is 5.02 Å². The molecule has 86 valence electrons. The first kappa shape index (κ1) is 11.3. The largest absolute Gasteiger partial charge is 0.506 e. The highest BCUT2D eigenvalue weighted by Gasteiger charge is 2.47. The second-order valence-electron chi connectivity index (χ2n) is 4.44. The fourth-order valence-corrected chi connectivity index (χ4v) is 2.24. The van der Waals surface area contributed by atoms with Gasteiger partial charge in [0.2, 0.25) is 0 Å². The van der Waals surface area contributed by atoms with Crippen LogP contribution in [-0.2, 0) is 10.2 Å². The van der Waals surface area contributed by atoms with E-state index in [0.717, 1.165) is 18.4 Å². The molecule has 1 aliphatic carbocycles. The first-order chi connectivity index (χ1) is 7.46. The predicted molar refractivity (Wildman–Crippen MR) is 61.0 cm³/mol. The summed E-state index contributed by atoms with van der Waals surface area (Å²) in [6.45, 7) is 1.81. The third-order valence-corrected chi connectivity index (χ3v) is 3.70. The monoisotopic (exact) mass is 240 g/mol. The van der Waals surface area contributed by atoms with Gasteiger partial charge in [-0.05, 0) is 25.3 Å². The molecule has 16 heavy (non-hydrogen) atoms. The number of aromatic hydroxyl groups is 1. The number of aliphatic carboxylic acids is 1. The van der Waals surface area contributed by atoms with Crippen LogP contribution in [0.1, 0.15) is 30.4 Å². The highest BCUT2D eigenvalue weighted by molar-refractivity contribution is 6.32. The Morgan fingerprint density at radius 2 is 2.12 bits per heavy atom. The summed E-state index contributed by atoms with van der Waals surface area (Å²) in [7, 11) is 0. The molecule has 2 rings (SSSR count). The van der Waals surface area contributed by atoms with E-state index in [2.05, 4.69) is 0 Å². The molecule has 4 heteroatoms. The molecule has 1 aromatic rings. The maximum absolute atomic E-state index is 10.8. The SMILES string of the molecule is Cc1ccc(C2(CC(=O)O)CC2)c(O)c1Cl. The first-order valence-corrected chi connectivity index (χ1v) is 5.54. The molecule has 0 bridgehead atoms. The second kappa shape index (κ2) is 3.67. The van der Waals surface area contributed by atoms with Crippen molar-refractivity contribution in [2.24, 2.45) is 0 Å². The Kier molecular flexibility index (Phi) is 2.58. The normalized spacial score (nSPS) is 17.1. The highest BCUT2D eigenvalue weighted by atomic mass is 35.5. The number of phenolic OH excluding ortho intramolecular Hbond substituents is 1. The van der Waals surface area contributed by atoms with E-state index < -0.39 is 11.4 Å². The molecular weight excluding hydrogens is 228 g/mol. The lowest BCUT2D eigenvalue weighted by Gasteiger charge is -2.16. The van der Waals surface area contributed by atoms with Crippen LogP contribution in [0.3, 0.4) is 0 Å². The van der Waals surface area contributed by atoms with Crippen molar-refractivity contribution in [1.82, 2.24) is 0 Å². The average Bonchev–Trinajstić information content (AvgIpc) is 2.94. The van der Waals surface area contributed by atoms with Gasteiger partial charge in [-0.3, -0.25) is 4.79 Å². The molecule has 0 aliphatic heterocycles. The molecule has 0 amide bonds. The zero-order chi connectivity index (χ0) is 11.9. The summed E-state index contributed by atoms with van der Waals surface area (Å²) >= 11 is 5.96. The van der Waals surface area contributed by atoms with E-state index in [-0.39, 0.29) is 12.2 Å². The minimum Gasteiger partial charge on any atom is -0.506 e. The topological polar surface area (TPSA) is 57.5 Å². The van der Waals surface area contributed by atoms with Crippen molar-refractivity contribution in [1.29, 1.82) is 0 Å². The minimum atomic E-state index is -0.839. The third kappa shape index (κ3) is 1.76. The molecule has 0 spiro atoms. The van der Waals surface area contributed by atoms with Gasteiger partial charge in [-0.25, -0.2) is 0 Å². The van der Waals surface area contributed by atoms with Gasteiger partial charge < -0.3 is 10.2 Å². The lowest BCUT2D eigenvalue weighted by atomic mass is 9.91. The van der Waals surface area contributed by atoms with Crippen LogP contribution in [-0.4, -0.2) is 16.2 Å². The molecule has 2 N–H and O–H groups in total. The molecule has 0 radical (unpaired) electrons. The van der Waals surface area contributed by atoms with Crippen LogP contribution in [0, 0.1) is 6.92 Å². The van der Waals surface area contributed by atoms with Crippen molar-refractivity contribution in [3.8, 4) is 5.75 Å². The molecule has 0 unspecified atom stereocenters. The number of hydrogen-bond acceptors (Lipinski definition) is 2. The Labute approximate surface area is 98.7 Å². The molecule has 0 atom stereocenters. The van der Waals surface area contributed by atoms with Gasteiger partial charge in [0, 0.05) is 11.0 Å². The van der Waals surface area contributed by atoms with Gasteiger partial charge in [0.1, 0.15) is 5.75 Å². The van der Waals surface area contributed by atoms with Crippen LogP contribution in [0.15, 0.2) is 12.1 Å². The number of halogens is 1. The first-order valence-electron chi connectivity index (χ1n) is 5.17. The van der Waals surface area contributed by atoms with Crippen LogP contribution < -0.4 is 0 Å². The van der Waals surface area contributed by atoms with Crippen molar-refractivity contribution in [2.75, 3.05) is 0 Å². The Hall–Kier alpha value is -1.22. The van der Waals surface area contributed by atoms with Gasteiger partial charge in [-0.2, -0.15) is 0 Å². The van der Waals surface area contributed by atoms with E-state index in [1.165, 1.54) is 0 Å². The van der Waals surface area contributed by atoms with Gasteiger partial charge in [-0.15, -0.1) is 0 Å². The fraction of sp³-hybridized carbons (Fsp3) is 0.417. The number of carboxylic acids is 1.